The van der Waals surface area contributed by atoms with Crippen LogP contribution in [0.3, 0.4) is 0 Å². The Labute approximate surface area is 108 Å². The molecule has 2 rings (SSSR count). The molecule has 0 amide bonds. The van der Waals surface area contributed by atoms with Crippen molar-refractivity contribution >= 4 is 23.1 Å². The molecule has 0 atom stereocenters. The average Bonchev–Trinajstić information content (AvgIpc) is 2.83. The fourth-order valence-corrected chi connectivity index (χ4v) is 2.87. The molecule has 2 aromatic heterocycles. The Kier molecular flexibility index (Phi) is 4.56. The van der Waals surface area contributed by atoms with Crippen LogP contribution < -0.4 is 0 Å². The third-order valence-corrected chi connectivity index (χ3v) is 3.99. The monoisotopic (exact) mass is 262 g/mol. The highest BCUT2D eigenvalue weighted by molar-refractivity contribution is 7.98. The van der Waals surface area contributed by atoms with Gasteiger partial charge in [-0.05, 0) is 12.1 Å². The lowest BCUT2D eigenvalue weighted by molar-refractivity contribution is 0.350. The molecule has 5 heteroatoms. The van der Waals surface area contributed by atoms with Gasteiger partial charge in [-0.15, -0.1) is 23.1 Å². The lowest BCUT2D eigenvalue weighted by atomic mass is 10.3. The number of thioether (sulfide) groups is 1. The van der Waals surface area contributed by atoms with E-state index >= 15 is 0 Å². The topological polar surface area (TPSA) is 46.0 Å². The standard InChI is InChI=1S/C12H10N2OS2/c15-5-1-2-10-6-11(16-7-10)8-17-12-3-4-13-9-14-12/h3-4,6-7,9,15H,5,8H2. The summed E-state index contributed by atoms with van der Waals surface area (Å²) >= 11 is 3.34. The number of aliphatic hydroxyl groups is 1. The highest BCUT2D eigenvalue weighted by Crippen LogP contribution is 2.24. The van der Waals surface area contributed by atoms with Gasteiger partial charge in [0.15, 0.2) is 0 Å². The molecule has 0 saturated carbocycles. The fourth-order valence-electron chi connectivity index (χ4n) is 1.17. The van der Waals surface area contributed by atoms with Gasteiger partial charge in [0.2, 0.25) is 0 Å². The van der Waals surface area contributed by atoms with Gasteiger partial charge >= 0.3 is 0 Å². The van der Waals surface area contributed by atoms with E-state index in [1.807, 2.05) is 17.5 Å². The van der Waals surface area contributed by atoms with Gasteiger partial charge in [0.1, 0.15) is 12.9 Å². The number of hydrogen-bond donors (Lipinski definition) is 1. The summed E-state index contributed by atoms with van der Waals surface area (Å²) < 4.78 is 0. The molecule has 0 aliphatic carbocycles. The van der Waals surface area contributed by atoms with E-state index in [1.54, 1.807) is 35.6 Å². The minimum atomic E-state index is -0.0964. The Balaban J connectivity index is 1.94. The van der Waals surface area contributed by atoms with E-state index < -0.39 is 0 Å². The first kappa shape index (κ1) is 12.1. The summed E-state index contributed by atoms with van der Waals surface area (Å²) in [4.78, 5) is 9.27. The van der Waals surface area contributed by atoms with Crippen molar-refractivity contribution in [3.05, 3.63) is 40.5 Å². The molecule has 3 nitrogen and oxygen atoms in total. The van der Waals surface area contributed by atoms with Crippen LogP contribution in [-0.4, -0.2) is 21.7 Å². The van der Waals surface area contributed by atoms with Crippen LogP contribution in [0.2, 0.25) is 0 Å². The number of thiophene rings is 1. The van der Waals surface area contributed by atoms with Crippen molar-refractivity contribution < 1.29 is 5.11 Å². The summed E-state index contributed by atoms with van der Waals surface area (Å²) in [5.74, 6) is 6.40. The molecule has 2 aromatic rings. The van der Waals surface area contributed by atoms with Crippen LogP contribution >= 0.6 is 23.1 Å². The van der Waals surface area contributed by atoms with Gasteiger partial charge in [-0.25, -0.2) is 9.97 Å². The Hall–Kier alpha value is -1.35. The maximum Gasteiger partial charge on any atom is 0.116 e. The maximum atomic E-state index is 8.60. The predicted octanol–water partition coefficient (Wildman–Crippen LogP) is 2.17. The number of hydrogen-bond acceptors (Lipinski definition) is 5. The number of aliphatic hydroxyl groups excluding tert-OH is 1. The number of aromatic nitrogens is 2. The zero-order chi connectivity index (χ0) is 11.9. The van der Waals surface area contributed by atoms with Gasteiger partial charge in [-0.2, -0.15) is 0 Å². The highest BCUT2D eigenvalue weighted by Gasteiger charge is 2.00. The van der Waals surface area contributed by atoms with Gasteiger partial charge in [0.25, 0.3) is 0 Å². The lowest BCUT2D eigenvalue weighted by Crippen LogP contribution is -1.81. The van der Waals surface area contributed by atoms with E-state index in [4.69, 9.17) is 5.11 Å². The first-order chi connectivity index (χ1) is 8.38. The molecule has 0 aromatic carbocycles. The summed E-state index contributed by atoms with van der Waals surface area (Å²) in [6.45, 7) is -0.0964. The van der Waals surface area contributed by atoms with Crippen LogP contribution in [0, 0.1) is 11.8 Å². The van der Waals surface area contributed by atoms with Crippen molar-refractivity contribution in [2.45, 2.75) is 10.8 Å². The van der Waals surface area contributed by atoms with Gasteiger partial charge in [-0.1, -0.05) is 11.8 Å². The molecule has 0 spiro atoms. The van der Waals surface area contributed by atoms with Crippen LogP contribution in [-0.2, 0) is 5.75 Å². The molecule has 0 bridgehead atoms. The molecular weight excluding hydrogens is 252 g/mol. The van der Waals surface area contributed by atoms with Crippen LogP contribution in [0.1, 0.15) is 10.4 Å². The third-order valence-electron chi connectivity index (χ3n) is 1.88. The van der Waals surface area contributed by atoms with Crippen molar-refractivity contribution in [3.63, 3.8) is 0 Å². The first-order valence-corrected chi connectivity index (χ1v) is 6.81. The Morgan fingerprint density at radius 1 is 1.47 bits per heavy atom. The molecule has 0 unspecified atom stereocenters. The van der Waals surface area contributed by atoms with Crippen molar-refractivity contribution in [1.82, 2.24) is 9.97 Å². The minimum absolute atomic E-state index is 0.0964. The molecule has 0 radical (unpaired) electrons. The van der Waals surface area contributed by atoms with Crippen molar-refractivity contribution in [2.24, 2.45) is 0 Å². The summed E-state index contributed by atoms with van der Waals surface area (Å²) in [5, 5.41) is 11.6. The molecule has 0 aliphatic rings. The molecule has 1 N–H and O–H groups in total. The Morgan fingerprint density at radius 2 is 2.41 bits per heavy atom. The summed E-state index contributed by atoms with van der Waals surface area (Å²) in [6, 6.07) is 3.94. The van der Waals surface area contributed by atoms with Gasteiger partial charge in [-0.3, -0.25) is 0 Å². The van der Waals surface area contributed by atoms with E-state index in [9.17, 15) is 0 Å². The van der Waals surface area contributed by atoms with Crippen LogP contribution in [0.15, 0.2) is 35.1 Å². The normalized spacial score (nSPS) is 9.71. The molecular formula is C12H10N2OS2. The quantitative estimate of drug-likeness (QED) is 0.523. The second-order valence-electron chi connectivity index (χ2n) is 3.10. The van der Waals surface area contributed by atoms with Gasteiger partial charge in [0, 0.05) is 27.8 Å². The minimum Gasteiger partial charge on any atom is -0.384 e. The number of rotatable bonds is 3. The number of nitrogens with zero attached hydrogens (tertiary/aromatic N) is 2. The van der Waals surface area contributed by atoms with E-state index in [2.05, 4.69) is 21.8 Å². The smallest absolute Gasteiger partial charge is 0.116 e. The van der Waals surface area contributed by atoms with E-state index in [0.29, 0.717) is 0 Å². The van der Waals surface area contributed by atoms with E-state index in [1.165, 1.54) is 4.88 Å². The largest absolute Gasteiger partial charge is 0.384 e. The summed E-state index contributed by atoms with van der Waals surface area (Å²) in [7, 11) is 0. The van der Waals surface area contributed by atoms with Gasteiger partial charge in [0.05, 0.1) is 5.03 Å². The Morgan fingerprint density at radius 3 is 3.18 bits per heavy atom. The van der Waals surface area contributed by atoms with Gasteiger partial charge < -0.3 is 5.11 Å². The molecule has 17 heavy (non-hydrogen) atoms. The molecule has 86 valence electrons. The SMILES string of the molecule is OCC#Cc1csc(CSc2ccncn2)c1. The fraction of sp³-hybridized carbons (Fsp3) is 0.167. The molecule has 0 saturated heterocycles. The first-order valence-electron chi connectivity index (χ1n) is 4.94. The van der Waals surface area contributed by atoms with E-state index in [-0.39, 0.29) is 6.61 Å². The van der Waals surface area contributed by atoms with Crippen LogP contribution in [0.25, 0.3) is 0 Å². The highest BCUT2D eigenvalue weighted by atomic mass is 32.2. The lowest BCUT2D eigenvalue weighted by Gasteiger charge is -1.96. The van der Waals surface area contributed by atoms with Crippen LogP contribution in [0.5, 0.6) is 0 Å². The van der Waals surface area contributed by atoms with E-state index in [0.717, 1.165) is 16.3 Å². The second kappa shape index (κ2) is 6.40. The van der Waals surface area contributed by atoms with Crippen molar-refractivity contribution in [1.29, 1.82) is 0 Å². The summed E-state index contributed by atoms with van der Waals surface area (Å²) in [6.07, 6.45) is 3.29. The third kappa shape index (κ3) is 3.86. The Bertz CT molecular complexity index is 528. The zero-order valence-electron chi connectivity index (χ0n) is 8.96. The van der Waals surface area contributed by atoms with Crippen LogP contribution in [0.4, 0.5) is 0 Å². The zero-order valence-corrected chi connectivity index (χ0v) is 10.6. The van der Waals surface area contributed by atoms with Crippen molar-refractivity contribution in [3.8, 4) is 11.8 Å². The molecule has 0 aliphatic heterocycles. The second-order valence-corrected chi connectivity index (χ2v) is 5.09. The van der Waals surface area contributed by atoms with Crippen molar-refractivity contribution in [2.75, 3.05) is 6.61 Å². The maximum absolute atomic E-state index is 8.60. The predicted molar refractivity (Wildman–Crippen MR) is 69.9 cm³/mol. The summed E-state index contributed by atoms with van der Waals surface area (Å²) in [5.41, 5.74) is 0.960. The molecule has 0 fully saturated rings. The average molecular weight is 262 g/mol. The molecule has 2 heterocycles.